The summed E-state index contributed by atoms with van der Waals surface area (Å²) >= 11 is 0. The minimum atomic E-state index is 0.885. The van der Waals surface area contributed by atoms with E-state index in [4.69, 9.17) is 17.7 Å². The van der Waals surface area contributed by atoms with Crippen molar-refractivity contribution in [3.05, 3.63) is 315 Å². The SMILES string of the molecule is c1ccc(-c2ccc3c(ccc4ccc(Nc5ccc6c(c5)oc5ccc7ccccc7c56)cc43)c2)cc1.c1ccc(Nc2ccc(-c3ccc4c(c3)oc3ccccc34)cc2)cc1.c1ccc2c(c1)oc1cc(Nc3ccc4oc5ccccc5c4c3)ccc12. The zero-order valence-corrected chi connectivity index (χ0v) is 49.2. The zero-order chi connectivity index (χ0) is 60.2. The minimum absolute atomic E-state index is 0.885. The number of rotatable bonds is 8. The summed E-state index contributed by atoms with van der Waals surface area (Å²) in [6.45, 7) is 0. The molecule has 15 aromatic carbocycles. The minimum Gasteiger partial charge on any atom is -0.456 e. The van der Waals surface area contributed by atoms with Crippen LogP contribution in [0.1, 0.15) is 0 Å². The van der Waals surface area contributed by atoms with Gasteiger partial charge in [0.15, 0.2) is 0 Å². The standard InChI is InChI=1S/C36H23NO.C24H15NO2.C24H17NO/c1-2-6-23(7-3-1)26-13-17-30-27(20-26)11-10-25-12-15-28(21-33(25)30)37-29-16-18-32-35(22-29)38-34-19-14-24-8-4-5-9-31(24)36(32)34;1-3-7-21-17(5-1)19-11-9-16(14-24(19)27-21)25-15-10-12-23-20(13-15)18-6-2-4-8-22(18)26-23;1-2-6-19(7-3-1)25-20-13-10-17(11-14-20)18-12-15-22-21-8-4-5-9-23(21)26-24(22)16-18/h1-22,37H;1-14,25H;1-16,25H. The normalized spacial score (nSPS) is 11.5. The third kappa shape index (κ3) is 10.1. The van der Waals surface area contributed by atoms with Crippen LogP contribution in [0.4, 0.5) is 34.1 Å². The van der Waals surface area contributed by atoms with Gasteiger partial charge in [-0.2, -0.15) is 0 Å². The zero-order valence-electron chi connectivity index (χ0n) is 49.2. The molecule has 0 fully saturated rings. The predicted octanol–water partition coefficient (Wildman–Crippen LogP) is 24.7. The largest absolute Gasteiger partial charge is 0.456 e. The molecule has 19 aromatic rings. The Balaban J connectivity index is 0.000000108. The maximum atomic E-state index is 6.27. The highest BCUT2D eigenvalue weighted by atomic mass is 16.3. The number of benzene rings is 15. The van der Waals surface area contributed by atoms with Crippen LogP contribution >= 0.6 is 0 Å². The highest BCUT2D eigenvalue weighted by Crippen LogP contribution is 2.40. The molecule has 7 nitrogen and oxygen atoms in total. The maximum Gasteiger partial charge on any atom is 0.137 e. The van der Waals surface area contributed by atoms with Gasteiger partial charge in [-0.1, -0.05) is 182 Å². The van der Waals surface area contributed by atoms with Crippen molar-refractivity contribution in [2.45, 2.75) is 0 Å². The van der Waals surface area contributed by atoms with Crippen molar-refractivity contribution < 1.29 is 17.7 Å². The van der Waals surface area contributed by atoms with Crippen LogP contribution < -0.4 is 16.0 Å². The van der Waals surface area contributed by atoms with Crippen molar-refractivity contribution in [3.63, 3.8) is 0 Å². The Hall–Kier alpha value is -12.3. The lowest BCUT2D eigenvalue weighted by atomic mass is 9.97. The van der Waals surface area contributed by atoms with Gasteiger partial charge in [0.25, 0.3) is 0 Å². The topological polar surface area (TPSA) is 88.7 Å². The van der Waals surface area contributed by atoms with Crippen molar-refractivity contribution in [2.24, 2.45) is 0 Å². The van der Waals surface area contributed by atoms with Crippen LogP contribution in [0.2, 0.25) is 0 Å². The summed E-state index contributed by atoms with van der Waals surface area (Å²) in [5.41, 5.74) is 18.3. The van der Waals surface area contributed by atoms with Gasteiger partial charge in [0.1, 0.15) is 44.7 Å². The van der Waals surface area contributed by atoms with E-state index in [1.165, 1.54) is 54.4 Å². The first kappa shape index (κ1) is 53.0. The number of fused-ring (bicyclic) bond motifs is 17. The fourth-order valence-electron chi connectivity index (χ4n) is 12.9. The molecule has 0 radical (unpaired) electrons. The van der Waals surface area contributed by atoms with Gasteiger partial charge in [0.2, 0.25) is 0 Å². The number of para-hydroxylation sites is 4. The smallest absolute Gasteiger partial charge is 0.137 e. The predicted molar refractivity (Wildman–Crippen MR) is 381 cm³/mol. The molecule has 7 heteroatoms. The van der Waals surface area contributed by atoms with E-state index in [1.54, 1.807) is 0 Å². The molecule has 0 atom stereocenters. The van der Waals surface area contributed by atoms with E-state index in [-0.39, 0.29) is 0 Å². The lowest BCUT2D eigenvalue weighted by Gasteiger charge is -2.11. The molecule has 0 aliphatic heterocycles. The second kappa shape index (κ2) is 22.4. The molecule has 0 aliphatic rings. The van der Waals surface area contributed by atoms with Gasteiger partial charge in [0.05, 0.1) is 0 Å². The van der Waals surface area contributed by atoms with Gasteiger partial charge in [-0.25, -0.2) is 0 Å². The van der Waals surface area contributed by atoms with Crippen LogP contribution in [0.15, 0.2) is 333 Å². The van der Waals surface area contributed by atoms with E-state index in [2.05, 4.69) is 240 Å². The Kier molecular flexibility index (Phi) is 13.1. The Morgan fingerprint density at radius 3 is 1.24 bits per heavy atom. The number of hydrogen-bond donors (Lipinski definition) is 3. The number of furan rings is 4. The molecule has 0 spiro atoms. The van der Waals surface area contributed by atoms with Crippen LogP contribution in [0.25, 0.3) is 142 Å². The summed E-state index contributed by atoms with van der Waals surface area (Å²) in [5, 5.41) is 27.1. The second-order valence-corrected chi connectivity index (χ2v) is 23.0. The summed E-state index contributed by atoms with van der Waals surface area (Å²) in [4.78, 5) is 0. The third-order valence-corrected chi connectivity index (χ3v) is 17.3. The quantitative estimate of drug-likeness (QED) is 0.131. The van der Waals surface area contributed by atoms with E-state index >= 15 is 0 Å². The number of anilines is 6. The van der Waals surface area contributed by atoms with Gasteiger partial charge in [-0.05, 0) is 176 Å². The summed E-state index contributed by atoms with van der Waals surface area (Å²) in [7, 11) is 0. The first-order chi connectivity index (χ1) is 45.0. The molecule has 3 N–H and O–H groups in total. The third-order valence-electron chi connectivity index (χ3n) is 17.3. The van der Waals surface area contributed by atoms with Gasteiger partial charge < -0.3 is 33.6 Å². The van der Waals surface area contributed by atoms with Crippen LogP contribution in [-0.2, 0) is 0 Å². The lowest BCUT2D eigenvalue weighted by Crippen LogP contribution is -1.90. The molecule has 0 saturated heterocycles. The molecule has 4 heterocycles. The molecule has 0 saturated carbocycles. The first-order valence-corrected chi connectivity index (χ1v) is 30.6. The molecular weight excluding hydrogens is 1110 g/mol. The summed E-state index contributed by atoms with van der Waals surface area (Å²) in [5.74, 6) is 0. The number of nitrogens with one attached hydrogen (secondary N) is 3. The first-order valence-electron chi connectivity index (χ1n) is 30.6. The Labute approximate surface area is 522 Å². The molecular formula is C84H55N3O4. The van der Waals surface area contributed by atoms with Crippen molar-refractivity contribution >= 4 is 154 Å². The number of hydrogen-bond acceptors (Lipinski definition) is 7. The van der Waals surface area contributed by atoms with Crippen LogP contribution in [0, 0.1) is 0 Å². The van der Waals surface area contributed by atoms with E-state index in [0.29, 0.717) is 0 Å². The summed E-state index contributed by atoms with van der Waals surface area (Å²) in [6.07, 6.45) is 0. The monoisotopic (exact) mass is 1170 g/mol. The fraction of sp³-hybridized carbons (Fsp3) is 0. The summed E-state index contributed by atoms with van der Waals surface area (Å²) in [6, 6.07) is 109. The Morgan fingerprint density at radius 2 is 0.538 bits per heavy atom. The summed E-state index contributed by atoms with van der Waals surface area (Å²) < 4.78 is 24.2. The maximum absolute atomic E-state index is 6.27. The average molecular weight is 1170 g/mol. The Bertz CT molecular complexity index is 5940. The van der Waals surface area contributed by atoms with Crippen molar-refractivity contribution in [1.82, 2.24) is 0 Å². The van der Waals surface area contributed by atoms with Crippen molar-refractivity contribution in [2.75, 3.05) is 16.0 Å². The molecule has 0 unspecified atom stereocenters. The molecule has 91 heavy (non-hydrogen) atoms. The van der Waals surface area contributed by atoms with Crippen molar-refractivity contribution in [1.29, 1.82) is 0 Å². The lowest BCUT2D eigenvalue weighted by molar-refractivity contribution is 0.668. The molecule has 0 bridgehead atoms. The van der Waals surface area contributed by atoms with Crippen LogP contribution in [-0.4, -0.2) is 0 Å². The highest BCUT2D eigenvalue weighted by molar-refractivity contribution is 6.19. The van der Waals surface area contributed by atoms with Gasteiger partial charge in [0, 0.05) is 89.3 Å². The molecule has 0 aliphatic carbocycles. The van der Waals surface area contributed by atoms with E-state index < -0.39 is 0 Å². The van der Waals surface area contributed by atoms with Crippen LogP contribution in [0.3, 0.4) is 0 Å². The fourth-order valence-corrected chi connectivity index (χ4v) is 12.9. The second-order valence-electron chi connectivity index (χ2n) is 23.0. The highest BCUT2D eigenvalue weighted by Gasteiger charge is 2.15. The average Bonchev–Trinajstić information content (AvgIpc) is 1.81. The van der Waals surface area contributed by atoms with Gasteiger partial charge in [-0.3, -0.25) is 0 Å². The molecule has 0 amide bonds. The van der Waals surface area contributed by atoms with E-state index in [9.17, 15) is 0 Å². The van der Waals surface area contributed by atoms with E-state index in [0.717, 1.165) is 122 Å². The van der Waals surface area contributed by atoms with Gasteiger partial charge in [-0.15, -0.1) is 0 Å². The molecule has 19 rings (SSSR count). The van der Waals surface area contributed by atoms with Gasteiger partial charge >= 0.3 is 0 Å². The molecule has 4 aromatic heterocycles. The van der Waals surface area contributed by atoms with E-state index in [1.807, 2.05) is 91.0 Å². The van der Waals surface area contributed by atoms with Crippen LogP contribution in [0.5, 0.6) is 0 Å². The Morgan fingerprint density at radius 1 is 0.165 bits per heavy atom. The van der Waals surface area contributed by atoms with Crippen molar-refractivity contribution in [3.8, 4) is 22.3 Å². The molecule has 430 valence electrons.